The minimum atomic E-state index is 0.673. The molecule has 0 unspecified atom stereocenters. The van der Waals surface area contributed by atoms with Crippen LogP contribution in [0.4, 0.5) is 0 Å². The second-order valence-electron chi connectivity index (χ2n) is 10.4. The van der Waals surface area contributed by atoms with Gasteiger partial charge in [-0.15, -0.1) is 0 Å². The molecule has 3 heteroatoms. The first-order valence-corrected chi connectivity index (χ1v) is 15.1. The van der Waals surface area contributed by atoms with Gasteiger partial charge in [0.1, 0.15) is 0 Å². The molecule has 2 aromatic rings. The van der Waals surface area contributed by atoms with Gasteiger partial charge in [0, 0.05) is 6.04 Å². The maximum Gasteiger partial charge on any atom is 0.00680 e. The van der Waals surface area contributed by atoms with Crippen LogP contribution in [0.1, 0.15) is 95.1 Å². The molecule has 0 saturated carbocycles. The van der Waals surface area contributed by atoms with Crippen LogP contribution in [0.25, 0.3) is 0 Å². The SMILES string of the molecule is CCCCCCNC(CCCNCCCCc1ccccc1)CCCNCCCCc1ccccc1. The van der Waals surface area contributed by atoms with E-state index in [0.717, 1.165) is 26.2 Å². The minimum absolute atomic E-state index is 0.673. The standard InChI is InChI=1S/C33H55N3/c1-2-3-4-13-30-36-33(24-16-28-34-26-14-11-22-31-18-7-5-8-19-31)25-17-29-35-27-15-12-23-32-20-9-6-10-21-32/h5-10,18-21,33-36H,2-4,11-17,22-30H2,1H3. The zero-order valence-electron chi connectivity index (χ0n) is 23.3. The number of hydrogen-bond donors (Lipinski definition) is 3. The van der Waals surface area contributed by atoms with Crippen molar-refractivity contribution in [3.63, 3.8) is 0 Å². The molecule has 0 aliphatic heterocycles. The highest BCUT2D eigenvalue weighted by Gasteiger charge is 2.07. The van der Waals surface area contributed by atoms with Gasteiger partial charge in [-0.1, -0.05) is 86.8 Å². The van der Waals surface area contributed by atoms with Gasteiger partial charge in [-0.2, -0.15) is 0 Å². The third-order valence-corrected chi connectivity index (χ3v) is 7.10. The average molecular weight is 494 g/mol. The fraction of sp³-hybridized carbons (Fsp3) is 0.636. The molecule has 2 rings (SSSR count). The summed E-state index contributed by atoms with van der Waals surface area (Å²) in [4.78, 5) is 0. The van der Waals surface area contributed by atoms with Crippen LogP contribution in [0, 0.1) is 0 Å². The molecule has 0 aliphatic carbocycles. The van der Waals surface area contributed by atoms with Gasteiger partial charge in [0.05, 0.1) is 0 Å². The number of benzene rings is 2. The van der Waals surface area contributed by atoms with Crippen LogP contribution in [0.15, 0.2) is 60.7 Å². The van der Waals surface area contributed by atoms with Crippen LogP contribution in [0.5, 0.6) is 0 Å². The number of aryl methyl sites for hydroxylation is 2. The Balaban J connectivity index is 1.48. The van der Waals surface area contributed by atoms with Gasteiger partial charge in [0.15, 0.2) is 0 Å². The molecule has 2 aromatic carbocycles. The second kappa shape index (κ2) is 22.5. The molecule has 202 valence electrons. The third-order valence-electron chi connectivity index (χ3n) is 7.10. The second-order valence-corrected chi connectivity index (χ2v) is 10.4. The topological polar surface area (TPSA) is 36.1 Å². The van der Waals surface area contributed by atoms with Gasteiger partial charge < -0.3 is 16.0 Å². The van der Waals surface area contributed by atoms with Crippen molar-refractivity contribution in [2.45, 2.75) is 103 Å². The van der Waals surface area contributed by atoms with Gasteiger partial charge in [-0.3, -0.25) is 0 Å². The highest BCUT2D eigenvalue weighted by molar-refractivity contribution is 5.15. The van der Waals surface area contributed by atoms with E-state index in [1.54, 1.807) is 0 Å². The van der Waals surface area contributed by atoms with E-state index in [1.807, 2.05) is 0 Å². The van der Waals surface area contributed by atoms with Crippen molar-refractivity contribution in [3.8, 4) is 0 Å². The van der Waals surface area contributed by atoms with Crippen molar-refractivity contribution in [1.82, 2.24) is 16.0 Å². The average Bonchev–Trinajstić information content (AvgIpc) is 2.92. The zero-order valence-corrected chi connectivity index (χ0v) is 23.3. The number of hydrogen-bond acceptors (Lipinski definition) is 3. The van der Waals surface area contributed by atoms with E-state index in [2.05, 4.69) is 83.5 Å². The quantitative estimate of drug-likeness (QED) is 0.134. The normalized spacial score (nSPS) is 11.4. The first-order valence-electron chi connectivity index (χ1n) is 15.1. The van der Waals surface area contributed by atoms with Crippen molar-refractivity contribution >= 4 is 0 Å². The highest BCUT2D eigenvalue weighted by Crippen LogP contribution is 2.08. The Morgan fingerprint density at radius 3 is 1.47 bits per heavy atom. The monoisotopic (exact) mass is 493 g/mol. The maximum atomic E-state index is 3.88. The van der Waals surface area contributed by atoms with Crippen LogP contribution in [-0.4, -0.2) is 38.8 Å². The molecule has 0 fully saturated rings. The molecule has 0 atom stereocenters. The van der Waals surface area contributed by atoms with Gasteiger partial charge in [0.25, 0.3) is 0 Å². The Bertz CT molecular complexity index is 648. The smallest absolute Gasteiger partial charge is 0.00680 e. The molecule has 3 N–H and O–H groups in total. The molecule has 0 amide bonds. The van der Waals surface area contributed by atoms with Crippen molar-refractivity contribution < 1.29 is 0 Å². The van der Waals surface area contributed by atoms with Gasteiger partial charge in [-0.25, -0.2) is 0 Å². The lowest BCUT2D eigenvalue weighted by Crippen LogP contribution is -2.32. The Hall–Kier alpha value is -1.68. The van der Waals surface area contributed by atoms with Crippen LogP contribution in [-0.2, 0) is 12.8 Å². The fourth-order valence-corrected chi connectivity index (χ4v) is 4.85. The van der Waals surface area contributed by atoms with E-state index in [-0.39, 0.29) is 0 Å². The van der Waals surface area contributed by atoms with Gasteiger partial charge >= 0.3 is 0 Å². The molecule has 0 spiro atoms. The molecular weight excluding hydrogens is 438 g/mol. The fourth-order valence-electron chi connectivity index (χ4n) is 4.85. The molecule has 0 aromatic heterocycles. The van der Waals surface area contributed by atoms with E-state index in [4.69, 9.17) is 0 Å². The molecule has 0 aliphatic rings. The van der Waals surface area contributed by atoms with Crippen LogP contribution < -0.4 is 16.0 Å². The molecule has 0 saturated heterocycles. The number of nitrogens with one attached hydrogen (secondary N) is 3. The van der Waals surface area contributed by atoms with E-state index in [0.29, 0.717) is 6.04 Å². The number of rotatable bonds is 24. The molecular formula is C33H55N3. The summed E-state index contributed by atoms with van der Waals surface area (Å²) in [5.41, 5.74) is 2.93. The zero-order chi connectivity index (χ0) is 25.4. The lowest BCUT2D eigenvalue weighted by molar-refractivity contribution is 0.413. The van der Waals surface area contributed by atoms with Crippen molar-refractivity contribution in [1.29, 1.82) is 0 Å². The molecule has 0 bridgehead atoms. The molecule has 36 heavy (non-hydrogen) atoms. The maximum absolute atomic E-state index is 3.88. The predicted molar refractivity (Wildman–Crippen MR) is 159 cm³/mol. The first-order chi connectivity index (χ1) is 17.9. The summed E-state index contributed by atoms with van der Waals surface area (Å²) in [6, 6.07) is 22.4. The van der Waals surface area contributed by atoms with Crippen molar-refractivity contribution in [3.05, 3.63) is 71.8 Å². The number of unbranched alkanes of at least 4 members (excludes halogenated alkanes) is 5. The summed E-state index contributed by atoms with van der Waals surface area (Å²) in [7, 11) is 0. The van der Waals surface area contributed by atoms with E-state index < -0.39 is 0 Å². The van der Waals surface area contributed by atoms with E-state index >= 15 is 0 Å². The van der Waals surface area contributed by atoms with Crippen LogP contribution >= 0.6 is 0 Å². The van der Waals surface area contributed by atoms with Gasteiger partial charge in [-0.05, 0) is 114 Å². The van der Waals surface area contributed by atoms with Crippen LogP contribution in [0.2, 0.25) is 0 Å². The first kappa shape index (κ1) is 30.5. The molecule has 0 radical (unpaired) electrons. The Morgan fingerprint density at radius 2 is 0.972 bits per heavy atom. The Labute approximate surface area is 223 Å². The predicted octanol–water partition coefficient (Wildman–Crippen LogP) is 7.31. The summed E-state index contributed by atoms with van der Waals surface area (Å²) in [5.74, 6) is 0. The summed E-state index contributed by atoms with van der Waals surface area (Å²) >= 11 is 0. The molecule has 3 nitrogen and oxygen atoms in total. The largest absolute Gasteiger partial charge is 0.317 e. The Kier molecular flexibility index (Phi) is 19.1. The highest BCUT2D eigenvalue weighted by atomic mass is 14.9. The summed E-state index contributed by atoms with van der Waals surface area (Å²) < 4.78 is 0. The van der Waals surface area contributed by atoms with E-state index in [1.165, 1.54) is 108 Å². The minimum Gasteiger partial charge on any atom is -0.317 e. The van der Waals surface area contributed by atoms with Crippen LogP contribution in [0.3, 0.4) is 0 Å². The van der Waals surface area contributed by atoms with Crippen molar-refractivity contribution in [2.75, 3.05) is 32.7 Å². The van der Waals surface area contributed by atoms with Crippen molar-refractivity contribution in [2.24, 2.45) is 0 Å². The van der Waals surface area contributed by atoms with E-state index in [9.17, 15) is 0 Å². The lowest BCUT2D eigenvalue weighted by atomic mass is 10.0. The summed E-state index contributed by atoms with van der Waals surface area (Å²) in [5, 5.41) is 11.2. The van der Waals surface area contributed by atoms with Gasteiger partial charge in [0.2, 0.25) is 0 Å². The lowest BCUT2D eigenvalue weighted by Gasteiger charge is -2.19. The summed E-state index contributed by atoms with van der Waals surface area (Å²) in [6.45, 7) is 8.08. The Morgan fingerprint density at radius 1 is 0.500 bits per heavy atom. The third kappa shape index (κ3) is 16.9. The molecule has 0 heterocycles. The summed E-state index contributed by atoms with van der Waals surface area (Å²) in [6.07, 6.45) is 18.0.